The Kier molecular flexibility index (Phi) is 6.60. The predicted molar refractivity (Wildman–Crippen MR) is 160 cm³/mol. The van der Waals surface area contributed by atoms with E-state index in [2.05, 4.69) is 0 Å². The number of hydrogen-bond acceptors (Lipinski definition) is 6. The molecular weight excluding hydrogens is 605 g/mol. The zero-order valence-electron chi connectivity index (χ0n) is 22.7. The Morgan fingerprint density at radius 3 is 1.82 bits per heavy atom. The van der Waals surface area contributed by atoms with E-state index < -0.39 is 58.6 Å². The molecule has 4 aromatic rings. The summed E-state index contributed by atoms with van der Waals surface area (Å²) >= 11 is 12.4. The van der Waals surface area contributed by atoms with Crippen LogP contribution in [0.1, 0.15) is 54.8 Å². The Balaban J connectivity index is 1.33. The standard InChI is InChI=1S/C33H21Cl2N3O6/c34-18-12-13-24(25(35)15-18)31(40)36(16-26(39)17-6-5-7-19(14-17)38(43)44)37-32(41)29-27-20-8-1-2-9-21(20)28(30(29)33(37)42)23-11-4-3-10-22(23)27/h1-15,27-30H,16H2/t27?,28?,29-,30-/m1/s1. The number of ketones is 1. The van der Waals surface area contributed by atoms with Crippen LogP contribution in [0.3, 0.4) is 0 Å². The van der Waals surface area contributed by atoms with E-state index in [0.717, 1.165) is 38.3 Å². The molecule has 0 radical (unpaired) electrons. The number of hydrogen-bond donors (Lipinski definition) is 0. The van der Waals surface area contributed by atoms with Crippen LogP contribution in [0.25, 0.3) is 0 Å². The van der Waals surface area contributed by atoms with Gasteiger partial charge >= 0.3 is 0 Å². The first-order chi connectivity index (χ1) is 21.2. The Morgan fingerprint density at radius 2 is 1.32 bits per heavy atom. The number of non-ortho nitro benzene ring substituents is 1. The summed E-state index contributed by atoms with van der Waals surface area (Å²) < 4.78 is 0. The van der Waals surface area contributed by atoms with E-state index in [1.807, 2.05) is 48.5 Å². The first-order valence-corrected chi connectivity index (χ1v) is 14.5. The van der Waals surface area contributed by atoms with Crippen LogP contribution < -0.4 is 0 Å². The maximum Gasteiger partial charge on any atom is 0.274 e. The van der Waals surface area contributed by atoms with Gasteiger partial charge in [-0.15, -0.1) is 0 Å². The zero-order valence-corrected chi connectivity index (χ0v) is 24.2. The first-order valence-electron chi connectivity index (χ1n) is 13.8. The van der Waals surface area contributed by atoms with Crippen LogP contribution in [-0.2, 0) is 9.59 Å². The van der Waals surface area contributed by atoms with Crippen molar-refractivity contribution in [2.45, 2.75) is 11.8 Å². The summed E-state index contributed by atoms with van der Waals surface area (Å²) in [4.78, 5) is 67.2. The lowest BCUT2D eigenvalue weighted by molar-refractivity contribution is -0.384. The molecule has 218 valence electrons. The van der Waals surface area contributed by atoms with Gasteiger partial charge in [0.25, 0.3) is 23.4 Å². The molecule has 9 nitrogen and oxygen atoms in total. The number of nitro benzene ring substituents is 1. The van der Waals surface area contributed by atoms with Crippen LogP contribution >= 0.6 is 23.2 Å². The van der Waals surface area contributed by atoms with Gasteiger partial charge in [-0.2, -0.15) is 5.01 Å². The highest BCUT2D eigenvalue weighted by molar-refractivity contribution is 6.36. The zero-order chi connectivity index (χ0) is 30.9. The van der Waals surface area contributed by atoms with Crippen LogP contribution in [0.5, 0.6) is 0 Å². The third kappa shape index (κ3) is 4.15. The number of amides is 3. The molecule has 2 bridgehead atoms. The van der Waals surface area contributed by atoms with Gasteiger partial charge in [-0.05, 0) is 40.5 Å². The van der Waals surface area contributed by atoms with Crippen molar-refractivity contribution in [2.24, 2.45) is 11.8 Å². The fraction of sp³-hybridized carbons (Fsp3) is 0.152. The Bertz CT molecular complexity index is 1830. The molecule has 4 aromatic carbocycles. The van der Waals surface area contributed by atoms with Crippen molar-refractivity contribution in [1.29, 1.82) is 0 Å². The summed E-state index contributed by atoms with van der Waals surface area (Å²) in [5, 5.41) is 13.2. The summed E-state index contributed by atoms with van der Waals surface area (Å²) in [6, 6.07) is 24.6. The molecule has 44 heavy (non-hydrogen) atoms. The van der Waals surface area contributed by atoms with Crippen molar-refractivity contribution in [2.75, 3.05) is 6.54 Å². The lowest BCUT2D eigenvalue weighted by atomic mass is 9.55. The molecule has 2 atom stereocenters. The van der Waals surface area contributed by atoms with Gasteiger partial charge in [-0.3, -0.25) is 29.3 Å². The fourth-order valence-electron chi connectivity index (χ4n) is 6.96. The molecule has 3 amide bonds. The SMILES string of the molecule is O=C(CN(C(=O)c1ccc(Cl)cc1Cl)N1C(=O)[C@@H]2C3c4ccccc4C(c4ccccc43)[C@H]2C1=O)c1cccc([N+](=O)[O-])c1. The van der Waals surface area contributed by atoms with E-state index in [1.165, 1.54) is 36.4 Å². The maximum absolute atomic E-state index is 14.4. The maximum atomic E-state index is 14.4. The van der Waals surface area contributed by atoms with E-state index in [9.17, 15) is 29.3 Å². The van der Waals surface area contributed by atoms with Crippen molar-refractivity contribution in [1.82, 2.24) is 10.0 Å². The first kappa shape index (κ1) is 27.9. The quantitative estimate of drug-likeness (QED) is 0.112. The third-order valence-corrected chi connectivity index (χ3v) is 9.28. The van der Waals surface area contributed by atoms with E-state index in [4.69, 9.17) is 23.2 Å². The lowest BCUT2D eigenvalue weighted by Gasteiger charge is -2.45. The van der Waals surface area contributed by atoms with Gasteiger partial charge < -0.3 is 0 Å². The summed E-state index contributed by atoms with van der Waals surface area (Å²) in [6.45, 7) is -0.745. The minimum absolute atomic E-state index is 0.0355. The molecule has 4 aliphatic rings. The number of nitro groups is 1. The van der Waals surface area contributed by atoms with Gasteiger partial charge in [0, 0.05) is 34.6 Å². The normalized spacial score (nSPS) is 21.0. The van der Waals surface area contributed by atoms with Crippen LogP contribution in [-0.4, -0.2) is 45.0 Å². The third-order valence-electron chi connectivity index (χ3n) is 8.73. The highest BCUT2D eigenvalue weighted by atomic mass is 35.5. The van der Waals surface area contributed by atoms with Crippen LogP contribution in [0, 0.1) is 22.0 Å². The largest absolute Gasteiger partial charge is 0.292 e. The number of halogens is 2. The molecule has 1 aliphatic heterocycles. The molecule has 11 heteroatoms. The van der Waals surface area contributed by atoms with Crippen molar-refractivity contribution in [3.63, 3.8) is 0 Å². The Morgan fingerprint density at radius 1 is 0.773 bits per heavy atom. The van der Waals surface area contributed by atoms with Gasteiger partial charge in [0.15, 0.2) is 5.78 Å². The fourth-order valence-corrected chi connectivity index (χ4v) is 7.44. The Hall–Kier alpha value is -4.86. The second-order valence-corrected chi connectivity index (χ2v) is 11.8. The minimum Gasteiger partial charge on any atom is -0.292 e. The van der Waals surface area contributed by atoms with Crippen molar-refractivity contribution < 1.29 is 24.1 Å². The van der Waals surface area contributed by atoms with Gasteiger partial charge in [-0.1, -0.05) is 83.9 Å². The molecule has 0 unspecified atom stereocenters. The molecule has 0 spiro atoms. The number of rotatable bonds is 6. The predicted octanol–water partition coefficient (Wildman–Crippen LogP) is 6.03. The van der Waals surface area contributed by atoms with Crippen LogP contribution in [0.4, 0.5) is 5.69 Å². The van der Waals surface area contributed by atoms with Gasteiger partial charge in [0.05, 0.1) is 27.3 Å². The average Bonchev–Trinajstić information content (AvgIpc) is 3.29. The Labute approximate surface area is 260 Å². The number of benzene rings is 4. The highest BCUT2D eigenvalue weighted by Crippen LogP contribution is 2.61. The number of carbonyl (C=O) groups is 4. The second kappa shape index (κ2) is 10.4. The molecule has 0 saturated carbocycles. The molecular formula is C33H21Cl2N3O6. The van der Waals surface area contributed by atoms with Gasteiger partial charge in [-0.25, -0.2) is 5.01 Å². The topological polar surface area (TPSA) is 118 Å². The summed E-state index contributed by atoms with van der Waals surface area (Å²) in [7, 11) is 0. The number of hydrazine groups is 1. The molecule has 0 aromatic heterocycles. The molecule has 0 N–H and O–H groups in total. The van der Waals surface area contributed by atoms with Gasteiger partial charge in [0.1, 0.15) is 6.54 Å². The number of imide groups is 1. The monoisotopic (exact) mass is 625 g/mol. The lowest BCUT2D eigenvalue weighted by Crippen LogP contribution is -2.52. The van der Waals surface area contributed by atoms with Crippen molar-refractivity contribution >= 4 is 52.4 Å². The van der Waals surface area contributed by atoms with E-state index in [0.29, 0.717) is 0 Å². The molecule has 1 saturated heterocycles. The van der Waals surface area contributed by atoms with E-state index >= 15 is 0 Å². The summed E-state index contributed by atoms with van der Waals surface area (Å²) in [5.41, 5.74) is 3.35. The number of nitrogens with zero attached hydrogens (tertiary/aromatic N) is 3. The summed E-state index contributed by atoms with van der Waals surface area (Å²) in [6.07, 6.45) is 0. The van der Waals surface area contributed by atoms with Crippen LogP contribution in [0.15, 0.2) is 91.0 Å². The van der Waals surface area contributed by atoms with Crippen LogP contribution in [0.2, 0.25) is 10.0 Å². The summed E-state index contributed by atoms with van der Waals surface area (Å²) in [5.74, 6) is -5.26. The molecule has 1 heterocycles. The molecule has 3 aliphatic carbocycles. The van der Waals surface area contributed by atoms with Crippen molar-refractivity contribution in [3.8, 4) is 0 Å². The van der Waals surface area contributed by atoms with E-state index in [1.54, 1.807) is 0 Å². The average molecular weight is 626 g/mol. The van der Waals surface area contributed by atoms with E-state index in [-0.39, 0.29) is 26.9 Å². The second-order valence-electron chi connectivity index (χ2n) is 11.0. The number of carbonyl (C=O) groups excluding carboxylic acids is 4. The molecule has 8 rings (SSSR count). The van der Waals surface area contributed by atoms with Crippen molar-refractivity contribution in [3.05, 3.63) is 145 Å². The molecule has 1 fully saturated rings. The van der Waals surface area contributed by atoms with Gasteiger partial charge in [0.2, 0.25) is 0 Å². The minimum atomic E-state index is -0.867. The number of Topliss-reactive ketones (excluding diaryl/α,β-unsaturated/α-hetero) is 1. The highest BCUT2D eigenvalue weighted by Gasteiger charge is 2.63. The smallest absolute Gasteiger partial charge is 0.274 e.